The van der Waals surface area contributed by atoms with E-state index in [9.17, 15) is 36.7 Å². The highest BCUT2D eigenvalue weighted by Gasteiger charge is 2.28. The van der Waals surface area contributed by atoms with Gasteiger partial charge in [-0.25, -0.2) is 35.6 Å². The van der Waals surface area contributed by atoms with Crippen LogP contribution in [-0.2, 0) is 10.0 Å². The molecule has 0 saturated heterocycles. The van der Waals surface area contributed by atoms with Crippen molar-refractivity contribution in [2.45, 2.75) is 4.90 Å². The van der Waals surface area contributed by atoms with Gasteiger partial charge < -0.3 is 25.6 Å². The number of nitrogens with one attached hydrogen (secondary N) is 2. The molecule has 4 aromatic rings. The molecule has 2 amide bonds. The topological polar surface area (TPSA) is 164 Å². The van der Waals surface area contributed by atoms with Crippen LogP contribution in [0, 0.1) is 11.6 Å². The number of para-hydroxylation sites is 1. The third kappa shape index (κ3) is 4.56. The minimum atomic E-state index is -4.57. The summed E-state index contributed by atoms with van der Waals surface area (Å²) in [4.78, 5) is 34.0. The van der Waals surface area contributed by atoms with Crippen molar-refractivity contribution in [1.82, 2.24) is 3.97 Å². The molecule has 0 aliphatic heterocycles. The number of fused-ring (bicyclic) bond motifs is 1. The van der Waals surface area contributed by atoms with E-state index in [-0.39, 0.29) is 16.6 Å². The lowest BCUT2D eigenvalue weighted by atomic mass is 10.2. The Morgan fingerprint density at radius 1 is 1.00 bits per heavy atom. The number of urea groups is 1. The molecule has 4 rings (SSSR count). The molecule has 0 fully saturated rings. The molecule has 192 valence electrons. The van der Waals surface area contributed by atoms with Gasteiger partial charge in [0.15, 0.2) is 5.82 Å². The Labute approximate surface area is 210 Å². The fourth-order valence-corrected chi connectivity index (χ4v) is 5.87. The quantitative estimate of drug-likeness (QED) is 0.265. The number of benzene rings is 2. The number of methoxy groups -OCH3 is 1. The summed E-state index contributed by atoms with van der Waals surface area (Å²) in [5.74, 6) is -5.51. The van der Waals surface area contributed by atoms with Crippen LogP contribution in [0.15, 0.2) is 52.9 Å². The van der Waals surface area contributed by atoms with Crippen LogP contribution in [0.4, 0.5) is 25.0 Å². The summed E-state index contributed by atoms with van der Waals surface area (Å²) in [5.41, 5.74) is -1.95. The van der Waals surface area contributed by atoms with E-state index >= 15 is 0 Å². The first-order valence-corrected chi connectivity index (χ1v) is 12.3. The lowest BCUT2D eigenvalue weighted by molar-refractivity contribution is 0.0657. The van der Waals surface area contributed by atoms with E-state index in [2.05, 4.69) is 10.6 Å². The van der Waals surface area contributed by atoms with Crippen LogP contribution < -0.4 is 15.4 Å². The maximum atomic E-state index is 14.7. The minimum Gasteiger partial charge on any atom is -0.495 e. The molecule has 0 unspecified atom stereocenters. The van der Waals surface area contributed by atoms with Crippen LogP contribution in [0.2, 0.25) is 0 Å². The maximum Gasteiger partial charge on any atom is 0.346 e. The molecule has 4 N–H and O–H groups in total. The number of carboxylic acid groups (broad SMARTS) is 2. The van der Waals surface area contributed by atoms with E-state index in [1.165, 1.54) is 18.2 Å². The van der Waals surface area contributed by atoms with Gasteiger partial charge in [-0.1, -0.05) is 12.1 Å². The van der Waals surface area contributed by atoms with Crippen molar-refractivity contribution in [2.24, 2.45) is 0 Å². The molecule has 2 aromatic carbocycles. The largest absolute Gasteiger partial charge is 0.495 e. The summed E-state index contributed by atoms with van der Waals surface area (Å²) in [5, 5.41) is 23.9. The normalized spacial score (nSPS) is 11.3. The monoisotopic (exact) mass is 551 g/mol. The molecule has 0 aliphatic rings. The van der Waals surface area contributed by atoms with Gasteiger partial charge >= 0.3 is 18.0 Å². The van der Waals surface area contributed by atoms with Crippen molar-refractivity contribution in [2.75, 3.05) is 17.7 Å². The average Bonchev–Trinajstić information content (AvgIpc) is 3.46. The fraction of sp³-hybridized carbons (Fsp3) is 0.0455. The summed E-state index contributed by atoms with van der Waals surface area (Å²) < 4.78 is 61.7. The predicted molar refractivity (Wildman–Crippen MR) is 128 cm³/mol. The van der Waals surface area contributed by atoms with Crippen LogP contribution >= 0.6 is 11.3 Å². The summed E-state index contributed by atoms with van der Waals surface area (Å²) in [6, 6.07) is 5.59. The van der Waals surface area contributed by atoms with Gasteiger partial charge in [0.05, 0.1) is 24.0 Å². The van der Waals surface area contributed by atoms with Crippen molar-refractivity contribution in [1.29, 1.82) is 0 Å². The molecule has 0 spiro atoms. The van der Waals surface area contributed by atoms with Crippen molar-refractivity contribution < 1.29 is 46.5 Å². The molecule has 0 atom stereocenters. The van der Waals surface area contributed by atoms with E-state index in [4.69, 9.17) is 9.84 Å². The first-order valence-electron chi connectivity index (χ1n) is 10.0. The molecule has 0 aliphatic carbocycles. The molecule has 0 bridgehead atoms. The highest BCUT2D eigenvalue weighted by atomic mass is 32.2. The molecular weight excluding hydrogens is 536 g/mol. The molecule has 37 heavy (non-hydrogen) atoms. The predicted octanol–water partition coefficient (Wildman–Crippen LogP) is 4.27. The maximum absolute atomic E-state index is 14.7. The van der Waals surface area contributed by atoms with Crippen LogP contribution in [0.3, 0.4) is 0 Å². The zero-order valence-corrected chi connectivity index (χ0v) is 20.1. The van der Waals surface area contributed by atoms with Gasteiger partial charge in [-0.05, 0) is 18.2 Å². The van der Waals surface area contributed by atoms with E-state index in [1.54, 1.807) is 0 Å². The first kappa shape index (κ1) is 25.6. The molecular formula is C22H15F2N3O8S2. The van der Waals surface area contributed by atoms with Gasteiger partial charge in [0.2, 0.25) is 0 Å². The number of aromatic nitrogens is 1. The van der Waals surface area contributed by atoms with Crippen molar-refractivity contribution in [3.63, 3.8) is 0 Å². The van der Waals surface area contributed by atoms with E-state index in [0.717, 1.165) is 30.8 Å². The van der Waals surface area contributed by atoms with Gasteiger partial charge in [-0.15, -0.1) is 11.3 Å². The highest BCUT2D eigenvalue weighted by molar-refractivity contribution is 7.90. The number of amides is 2. The minimum absolute atomic E-state index is 0.256. The number of halogens is 2. The number of anilines is 2. The fourth-order valence-electron chi connectivity index (χ4n) is 3.52. The number of rotatable bonds is 7. The lowest BCUT2D eigenvalue weighted by Crippen LogP contribution is -2.22. The summed E-state index contributed by atoms with van der Waals surface area (Å²) >= 11 is 0.549. The second-order valence-electron chi connectivity index (χ2n) is 7.32. The molecule has 0 saturated carbocycles. The van der Waals surface area contributed by atoms with E-state index in [1.807, 2.05) is 0 Å². The van der Waals surface area contributed by atoms with Crippen molar-refractivity contribution in [3.05, 3.63) is 70.1 Å². The Bertz CT molecular complexity index is 1700. The molecule has 15 heteroatoms. The Hall–Kier alpha value is -4.50. The van der Waals surface area contributed by atoms with Crippen molar-refractivity contribution >= 4 is 61.6 Å². The summed E-state index contributed by atoms with van der Waals surface area (Å²) in [7, 11) is -3.48. The number of ether oxygens (including phenoxy) is 1. The first-order chi connectivity index (χ1) is 17.4. The third-order valence-electron chi connectivity index (χ3n) is 5.11. The average molecular weight is 552 g/mol. The van der Waals surface area contributed by atoms with E-state index < -0.39 is 66.4 Å². The summed E-state index contributed by atoms with van der Waals surface area (Å²) in [6.45, 7) is 0. The van der Waals surface area contributed by atoms with Gasteiger partial charge in [0.1, 0.15) is 26.9 Å². The standard InChI is InChI=1S/C22H15F2N3O8S2/c1-35-15-7-12(24)13(25-22(32)26-14-9-36-19(21(30)31)17(14)20(28)29)8-16(15)37(33,34)27-6-5-10-3-2-4-11(23)18(10)27/h2-9H,1H3,(H,28,29)(H,30,31)(H2,25,26,32). The number of thiophene rings is 1. The number of hydrogen-bond acceptors (Lipinski definition) is 7. The third-order valence-corrected chi connectivity index (χ3v) is 7.78. The Morgan fingerprint density at radius 3 is 2.35 bits per heavy atom. The van der Waals surface area contributed by atoms with Crippen LogP contribution in [0.25, 0.3) is 10.9 Å². The zero-order chi connectivity index (χ0) is 27.1. The number of carboxylic acids is 2. The molecule has 0 radical (unpaired) electrons. The smallest absolute Gasteiger partial charge is 0.346 e. The zero-order valence-electron chi connectivity index (χ0n) is 18.5. The van der Waals surface area contributed by atoms with Gasteiger partial charge in [-0.2, -0.15) is 0 Å². The Morgan fingerprint density at radius 2 is 1.70 bits per heavy atom. The number of hydrogen-bond donors (Lipinski definition) is 4. The second-order valence-corrected chi connectivity index (χ2v) is 9.98. The number of carbonyl (C=O) groups excluding carboxylic acids is 1. The molecule has 2 aromatic heterocycles. The SMILES string of the molecule is COc1cc(F)c(NC(=O)Nc2csc(C(=O)O)c2C(=O)O)cc1S(=O)(=O)n1ccc2cccc(F)c21. The van der Waals surface area contributed by atoms with Crippen LogP contribution in [0.5, 0.6) is 5.75 Å². The molecule has 11 nitrogen and oxygen atoms in total. The second kappa shape index (κ2) is 9.51. The van der Waals surface area contributed by atoms with E-state index in [0.29, 0.717) is 21.4 Å². The lowest BCUT2D eigenvalue weighted by Gasteiger charge is -2.15. The van der Waals surface area contributed by atoms with Crippen LogP contribution in [0.1, 0.15) is 20.0 Å². The molecule has 2 heterocycles. The Kier molecular flexibility index (Phi) is 6.58. The number of nitrogens with zero attached hydrogens (tertiary/aromatic N) is 1. The Balaban J connectivity index is 1.72. The number of carbonyl (C=O) groups is 3. The van der Waals surface area contributed by atoms with Crippen molar-refractivity contribution in [3.8, 4) is 5.75 Å². The highest BCUT2D eigenvalue weighted by Crippen LogP contribution is 2.34. The van der Waals surface area contributed by atoms with Crippen LogP contribution in [-0.4, -0.2) is 47.7 Å². The summed E-state index contributed by atoms with van der Waals surface area (Å²) in [6.07, 6.45) is 1.11. The van der Waals surface area contributed by atoms with Gasteiger partial charge in [-0.3, -0.25) is 0 Å². The van der Waals surface area contributed by atoms with Gasteiger partial charge in [0, 0.05) is 23.0 Å². The van der Waals surface area contributed by atoms with Gasteiger partial charge in [0.25, 0.3) is 10.0 Å². The number of aromatic carboxylic acids is 2.